The summed E-state index contributed by atoms with van der Waals surface area (Å²) in [6.45, 7) is 0. The highest BCUT2D eigenvalue weighted by Gasteiger charge is 2.40. The third kappa shape index (κ3) is 2.61. The maximum atomic E-state index is 6.36. The molecule has 3 nitrogen and oxygen atoms in total. The molecule has 2 heterocycles. The zero-order valence-corrected chi connectivity index (χ0v) is 15.6. The number of fused-ring (bicyclic) bond motifs is 3. The van der Waals surface area contributed by atoms with Crippen LogP contribution in [0.4, 0.5) is 0 Å². The number of ether oxygens (including phenoxy) is 1. The maximum Gasteiger partial charge on any atom is 0.213 e. The molecule has 0 spiro atoms. The van der Waals surface area contributed by atoms with Crippen LogP contribution in [0, 0.1) is 0 Å². The molecule has 3 aromatic carbocycles. The van der Waals surface area contributed by atoms with E-state index in [1.165, 1.54) is 11.1 Å². The van der Waals surface area contributed by atoms with Crippen LogP contribution in [0.2, 0.25) is 0 Å². The Morgan fingerprint density at radius 1 is 0.885 bits per heavy atom. The Hall–Kier alpha value is -2.59. The zero-order valence-electron chi connectivity index (χ0n) is 14.0. The largest absolute Gasteiger partial charge is 0.464 e. The van der Waals surface area contributed by atoms with Gasteiger partial charge in [-0.3, -0.25) is 0 Å². The van der Waals surface area contributed by atoms with E-state index >= 15 is 0 Å². The average molecular weight is 405 g/mol. The molecular weight excluding hydrogens is 388 g/mol. The van der Waals surface area contributed by atoms with Gasteiger partial charge in [-0.25, -0.2) is 5.01 Å². The van der Waals surface area contributed by atoms with E-state index in [-0.39, 0.29) is 12.3 Å². The Morgan fingerprint density at radius 2 is 1.62 bits per heavy atom. The predicted molar refractivity (Wildman–Crippen MR) is 106 cm³/mol. The quantitative estimate of drug-likeness (QED) is 0.547. The lowest BCUT2D eigenvalue weighted by molar-refractivity contribution is -0.0190. The van der Waals surface area contributed by atoms with Crippen LogP contribution in [0.1, 0.15) is 35.4 Å². The SMILES string of the molecule is Brc1ccc([C@@H]2Oc3ccccc3[C@H]3CC(c4ccccc4)=NN32)cc1. The van der Waals surface area contributed by atoms with Gasteiger partial charge in [0.25, 0.3) is 0 Å². The summed E-state index contributed by atoms with van der Waals surface area (Å²) in [6.07, 6.45) is 0.668. The van der Waals surface area contributed by atoms with Crippen molar-refractivity contribution in [2.75, 3.05) is 0 Å². The van der Waals surface area contributed by atoms with Gasteiger partial charge in [0.15, 0.2) is 0 Å². The summed E-state index contributed by atoms with van der Waals surface area (Å²) in [7, 11) is 0. The van der Waals surface area contributed by atoms with Gasteiger partial charge in [-0.05, 0) is 23.8 Å². The maximum absolute atomic E-state index is 6.36. The monoisotopic (exact) mass is 404 g/mol. The van der Waals surface area contributed by atoms with Crippen molar-refractivity contribution in [1.82, 2.24) is 5.01 Å². The highest BCUT2D eigenvalue weighted by molar-refractivity contribution is 9.10. The molecule has 0 bridgehead atoms. The van der Waals surface area contributed by atoms with E-state index in [2.05, 4.69) is 75.5 Å². The molecule has 0 saturated heterocycles. The van der Waals surface area contributed by atoms with Gasteiger partial charge in [0.2, 0.25) is 6.23 Å². The minimum atomic E-state index is -0.218. The topological polar surface area (TPSA) is 24.8 Å². The third-order valence-corrected chi connectivity index (χ3v) is 5.49. The van der Waals surface area contributed by atoms with E-state index in [9.17, 15) is 0 Å². The highest BCUT2D eigenvalue weighted by atomic mass is 79.9. The molecule has 0 aromatic heterocycles. The van der Waals surface area contributed by atoms with Crippen LogP contribution in [-0.4, -0.2) is 10.7 Å². The fourth-order valence-corrected chi connectivity index (χ4v) is 3.95. The molecule has 0 fully saturated rings. The minimum absolute atomic E-state index is 0.198. The van der Waals surface area contributed by atoms with Crippen molar-refractivity contribution in [2.24, 2.45) is 5.10 Å². The fraction of sp³-hybridized carbons (Fsp3) is 0.136. The third-order valence-electron chi connectivity index (χ3n) is 4.96. The molecule has 0 amide bonds. The van der Waals surface area contributed by atoms with Crippen molar-refractivity contribution >= 4 is 21.6 Å². The number of hydrogen-bond donors (Lipinski definition) is 0. The Morgan fingerprint density at radius 3 is 2.42 bits per heavy atom. The van der Waals surface area contributed by atoms with Gasteiger partial charge in [0, 0.05) is 22.0 Å². The lowest BCUT2D eigenvalue weighted by Gasteiger charge is -2.38. The summed E-state index contributed by atoms with van der Waals surface area (Å²) in [5.74, 6) is 0.950. The van der Waals surface area contributed by atoms with Crippen molar-refractivity contribution in [1.29, 1.82) is 0 Å². The first-order valence-corrected chi connectivity index (χ1v) is 9.51. The normalized spacial score (nSPS) is 20.8. The second-order valence-corrected chi connectivity index (χ2v) is 7.49. The van der Waals surface area contributed by atoms with Gasteiger partial charge < -0.3 is 4.74 Å². The van der Waals surface area contributed by atoms with Gasteiger partial charge in [-0.1, -0.05) is 76.6 Å². The first-order valence-electron chi connectivity index (χ1n) is 8.72. The first-order chi connectivity index (χ1) is 12.8. The van der Waals surface area contributed by atoms with Crippen LogP contribution < -0.4 is 4.74 Å². The minimum Gasteiger partial charge on any atom is -0.464 e. The van der Waals surface area contributed by atoms with E-state index in [1.54, 1.807) is 0 Å². The van der Waals surface area contributed by atoms with E-state index in [0.29, 0.717) is 0 Å². The number of hydrazone groups is 1. The summed E-state index contributed by atoms with van der Waals surface area (Å²) in [4.78, 5) is 0. The van der Waals surface area contributed by atoms with Crippen molar-refractivity contribution in [3.05, 3.63) is 100 Å². The van der Waals surface area contributed by atoms with Gasteiger partial charge in [-0.2, -0.15) is 5.10 Å². The second kappa shape index (κ2) is 6.29. The summed E-state index contributed by atoms with van der Waals surface area (Å²) >= 11 is 3.51. The molecule has 3 aromatic rings. The van der Waals surface area contributed by atoms with E-state index in [1.807, 2.05) is 24.3 Å². The summed E-state index contributed by atoms with van der Waals surface area (Å²) in [5, 5.41) is 7.09. The van der Waals surface area contributed by atoms with E-state index in [0.717, 1.165) is 27.9 Å². The molecule has 4 heteroatoms. The van der Waals surface area contributed by atoms with Crippen LogP contribution in [0.5, 0.6) is 5.75 Å². The number of para-hydroxylation sites is 1. The molecule has 5 rings (SSSR count). The smallest absolute Gasteiger partial charge is 0.213 e. The molecule has 128 valence electrons. The summed E-state index contributed by atoms with van der Waals surface area (Å²) in [6, 6.07) is 27.2. The summed E-state index contributed by atoms with van der Waals surface area (Å²) in [5.41, 5.74) is 4.59. The van der Waals surface area contributed by atoms with Crippen LogP contribution in [-0.2, 0) is 0 Å². The van der Waals surface area contributed by atoms with Gasteiger partial charge in [0.05, 0.1) is 11.8 Å². The number of benzene rings is 3. The van der Waals surface area contributed by atoms with Crippen molar-refractivity contribution in [3.63, 3.8) is 0 Å². The molecule has 2 atom stereocenters. The first kappa shape index (κ1) is 15.6. The molecule has 0 unspecified atom stereocenters. The predicted octanol–water partition coefficient (Wildman–Crippen LogP) is 5.69. The van der Waals surface area contributed by atoms with Crippen LogP contribution in [0.3, 0.4) is 0 Å². The Kier molecular flexibility index (Phi) is 3.79. The molecule has 2 aliphatic rings. The Labute approximate surface area is 161 Å². The zero-order chi connectivity index (χ0) is 17.5. The van der Waals surface area contributed by atoms with E-state index in [4.69, 9.17) is 9.84 Å². The van der Waals surface area contributed by atoms with Gasteiger partial charge in [-0.15, -0.1) is 0 Å². The summed E-state index contributed by atoms with van der Waals surface area (Å²) < 4.78 is 7.42. The van der Waals surface area contributed by atoms with Gasteiger partial charge in [0.1, 0.15) is 5.75 Å². The average Bonchev–Trinajstić information content (AvgIpc) is 3.14. The van der Waals surface area contributed by atoms with Gasteiger partial charge >= 0.3 is 0 Å². The molecular formula is C22H17BrN2O. The Balaban J connectivity index is 1.60. The molecule has 0 radical (unpaired) electrons. The molecule has 2 aliphatic heterocycles. The Bertz CT molecular complexity index is 969. The highest BCUT2D eigenvalue weighted by Crippen LogP contribution is 2.47. The van der Waals surface area contributed by atoms with Crippen molar-refractivity contribution < 1.29 is 4.74 Å². The molecule has 26 heavy (non-hydrogen) atoms. The van der Waals surface area contributed by atoms with Crippen molar-refractivity contribution in [3.8, 4) is 5.75 Å². The molecule has 0 aliphatic carbocycles. The van der Waals surface area contributed by atoms with Crippen molar-refractivity contribution in [2.45, 2.75) is 18.7 Å². The number of hydrogen-bond acceptors (Lipinski definition) is 3. The molecule has 0 N–H and O–H groups in total. The van der Waals surface area contributed by atoms with Crippen LogP contribution >= 0.6 is 15.9 Å². The molecule has 0 saturated carbocycles. The standard InChI is InChI=1S/C22H17BrN2O/c23-17-12-10-16(11-13-17)22-25-20(18-8-4-5-9-21(18)26-22)14-19(24-25)15-6-2-1-3-7-15/h1-13,20,22H,14H2/t20-,22+/m1/s1. The second-order valence-electron chi connectivity index (χ2n) is 6.57. The number of rotatable bonds is 2. The number of halogens is 1. The fourth-order valence-electron chi connectivity index (χ4n) is 3.69. The number of nitrogens with zero attached hydrogens (tertiary/aromatic N) is 2. The van der Waals surface area contributed by atoms with Crippen LogP contribution in [0.25, 0.3) is 0 Å². The van der Waals surface area contributed by atoms with E-state index < -0.39 is 0 Å². The van der Waals surface area contributed by atoms with Crippen LogP contribution in [0.15, 0.2) is 88.4 Å². The lowest BCUT2D eigenvalue weighted by atomic mass is 9.96. The lowest BCUT2D eigenvalue weighted by Crippen LogP contribution is -2.33.